The van der Waals surface area contributed by atoms with Crippen molar-refractivity contribution in [3.8, 4) is 0 Å². The van der Waals surface area contributed by atoms with Gasteiger partial charge in [0.25, 0.3) is 5.79 Å². The van der Waals surface area contributed by atoms with Crippen molar-refractivity contribution in [2.45, 2.75) is 18.8 Å². The van der Waals surface area contributed by atoms with Crippen molar-refractivity contribution in [3.63, 3.8) is 0 Å². The molecule has 0 radical (unpaired) electrons. The van der Waals surface area contributed by atoms with Crippen molar-refractivity contribution >= 4 is 18.0 Å². The zero-order chi connectivity index (χ0) is 16.9. The van der Waals surface area contributed by atoms with Crippen molar-refractivity contribution in [2.75, 3.05) is 14.2 Å². The first-order valence-corrected chi connectivity index (χ1v) is 6.96. The van der Waals surface area contributed by atoms with Gasteiger partial charge in [-0.05, 0) is 11.6 Å². The van der Waals surface area contributed by atoms with Crippen LogP contribution >= 0.6 is 0 Å². The van der Waals surface area contributed by atoms with E-state index >= 15 is 0 Å². The summed E-state index contributed by atoms with van der Waals surface area (Å²) in [6, 6.07) is 9.38. The van der Waals surface area contributed by atoms with Gasteiger partial charge >= 0.3 is 11.9 Å². The Morgan fingerprint density at radius 3 is 2.52 bits per heavy atom. The van der Waals surface area contributed by atoms with Gasteiger partial charge < -0.3 is 18.9 Å². The standard InChI is InChI=1S/C17H18O6/c1-12(18)22-16-14(20-2)11-15(19)23-17(16,21-3)10-9-13-7-5-4-6-8-13/h4-11,16H,1-3H3/b10-9+/t16-,17-/m0/s1. The second-order valence-electron chi connectivity index (χ2n) is 4.83. The fourth-order valence-electron chi connectivity index (χ4n) is 2.22. The third kappa shape index (κ3) is 3.78. The summed E-state index contributed by atoms with van der Waals surface area (Å²) >= 11 is 0. The van der Waals surface area contributed by atoms with Crippen molar-refractivity contribution in [1.29, 1.82) is 0 Å². The van der Waals surface area contributed by atoms with Crippen LogP contribution in [0, 0.1) is 0 Å². The summed E-state index contributed by atoms with van der Waals surface area (Å²) in [6.45, 7) is 1.25. The van der Waals surface area contributed by atoms with Gasteiger partial charge in [0.05, 0.1) is 13.2 Å². The Kier molecular flexibility index (Phi) is 5.18. The van der Waals surface area contributed by atoms with Crippen molar-refractivity contribution in [2.24, 2.45) is 0 Å². The van der Waals surface area contributed by atoms with E-state index in [1.54, 1.807) is 6.08 Å². The van der Waals surface area contributed by atoms with E-state index in [-0.39, 0.29) is 5.76 Å². The lowest BCUT2D eigenvalue weighted by atomic mass is 10.0. The summed E-state index contributed by atoms with van der Waals surface area (Å²) in [7, 11) is 2.74. The molecule has 2 atom stereocenters. The van der Waals surface area contributed by atoms with Gasteiger partial charge in [0.2, 0.25) is 6.10 Å². The minimum atomic E-state index is -1.60. The normalized spacial score (nSPS) is 24.0. The lowest BCUT2D eigenvalue weighted by Crippen LogP contribution is -2.52. The molecule has 6 nitrogen and oxygen atoms in total. The molecular formula is C17H18O6. The van der Waals surface area contributed by atoms with Crippen LogP contribution < -0.4 is 0 Å². The maximum Gasteiger partial charge on any atom is 0.337 e. The molecule has 0 unspecified atom stereocenters. The van der Waals surface area contributed by atoms with E-state index in [0.717, 1.165) is 11.6 Å². The highest BCUT2D eigenvalue weighted by molar-refractivity contribution is 5.85. The predicted molar refractivity (Wildman–Crippen MR) is 82.0 cm³/mol. The average Bonchev–Trinajstić information content (AvgIpc) is 2.55. The third-order valence-corrected chi connectivity index (χ3v) is 3.29. The van der Waals surface area contributed by atoms with E-state index in [0.29, 0.717) is 0 Å². The molecule has 0 saturated heterocycles. The van der Waals surface area contributed by atoms with Gasteiger partial charge in [-0.1, -0.05) is 36.4 Å². The van der Waals surface area contributed by atoms with E-state index in [1.807, 2.05) is 30.3 Å². The summed E-state index contributed by atoms with van der Waals surface area (Å²) in [4.78, 5) is 23.2. The molecule has 0 fully saturated rings. The summed E-state index contributed by atoms with van der Waals surface area (Å²) < 4.78 is 21.1. The van der Waals surface area contributed by atoms with Crippen LogP contribution in [-0.4, -0.2) is 38.0 Å². The molecule has 0 aliphatic carbocycles. The first kappa shape index (κ1) is 16.8. The molecule has 0 spiro atoms. The Bertz CT molecular complexity index is 634. The predicted octanol–water partition coefficient (Wildman–Crippen LogP) is 2.06. The van der Waals surface area contributed by atoms with Crippen LogP contribution in [0.3, 0.4) is 0 Å². The Balaban J connectivity index is 2.42. The van der Waals surface area contributed by atoms with Crippen LogP contribution in [0.2, 0.25) is 0 Å². The first-order valence-electron chi connectivity index (χ1n) is 6.96. The quantitative estimate of drug-likeness (QED) is 0.774. The minimum absolute atomic E-state index is 0.149. The van der Waals surface area contributed by atoms with Crippen molar-refractivity contribution in [3.05, 3.63) is 53.8 Å². The van der Waals surface area contributed by atoms with Gasteiger partial charge in [0.15, 0.2) is 5.76 Å². The Labute approximate surface area is 134 Å². The van der Waals surface area contributed by atoms with Gasteiger partial charge in [0, 0.05) is 14.0 Å². The molecule has 0 aromatic heterocycles. The smallest absolute Gasteiger partial charge is 0.337 e. The minimum Gasteiger partial charge on any atom is -0.497 e. The zero-order valence-electron chi connectivity index (χ0n) is 13.1. The van der Waals surface area contributed by atoms with Crippen LogP contribution in [0.25, 0.3) is 6.08 Å². The van der Waals surface area contributed by atoms with Gasteiger partial charge in [0.1, 0.15) is 0 Å². The van der Waals surface area contributed by atoms with E-state index in [2.05, 4.69) is 0 Å². The molecule has 1 aliphatic heterocycles. The lowest BCUT2D eigenvalue weighted by Gasteiger charge is -2.38. The topological polar surface area (TPSA) is 71.1 Å². The van der Waals surface area contributed by atoms with Crippen molar-refractivity contribution < 1.29 is 28.5 Å². The van der Waals surface area contributed by atoms with Crippen LogP contribution in [0.4, 0.5) is 0 Å². The number of esters is 2. The fourth-order valence-corrected chi connectivity index (χ4v) is 2.22. The maximum absolute atomic E-state index is 11.8. The molecule has 1 heterocycles. The van der Waals surface area contributed by atoms with Crippen LogP contribution in [0.1, 0.15) is 12.5 Å². The molecule has 0 N–H and O–H groups in total. The molecule has 6 heteroatoms. The number of hydrogen-bond donors (Lipinski definition) is 0. The number of benzene rings is 1. The second-order valence-corrected chi connectivity index (χ2v) is 4.83. The Hall–Kier alpha value is -2.60. The summed E-state index contributed by atoms with van der Waals surface area (Å²) in [5.41, 5.74) is 0.870. The van der Waals surface area contributed by atoms with Crippen LogP contribution in [-0.2, 0) is 28.5 Å². The maximum atomic E-state index is 11.8. The highest BCUT2D eigenvalue weighted by Gasteiger charge is 2.49. The number of ether oxygens (including phenoxy) is 4. The van der Waals surface area contributed by atoms with E-state index in [1.165, 1.54) is 27.2 Å². The summed E-state index contributed by atoms with van der Waals surface area (Å²) in [5.74, 6) is -2.65. The SMILES string of the molecule is COC1=CC(=O)O[C@](/C=C/c2ccccc2)(OC)[C@H]1OC(C)=O. The number of cyclic esters (lactones) is 1. The number of carbonyl (C=O) groups is 2. The molecule has 0 amide bonds. The molecular weight excluding hydrogens is 300 g/mol. The molecule has 0 bridgehead atoms. The van der Waals surface area contributed by atoms with Crippen molar-refractivity contribution in [1.82, 2.24) is 0 Å². The monoisotopic (exact) mass is 318 g/mol. The summed E-state index contributed by atoms with van der Waals surface area (Å²) in [5, 5.41) is 0. The molecule has 23 heavy (non-hydrogen) atoms. The van der Waals surface area contributed by atoms with E-state index < -0.39 is 23.8 Å². The second kappa shape index (κ2) is 7.11. The highest BCUT2D eigenvalue weighted by Crippen LogP contribution is 2.33. The Morgan fingerprint density at radius 1 is 1.26 bits per heavy atom. The molecule has 122 valence electrons. The van der Waals surface area contributed by atoms with Gasteiger partial charge in [-0.2, -0.15) is 0 Å². The zero-order valence-corrected chi connectivity index (χ0v) is 13.1. The third-order valence-electron chi connectivity index (χ3n) is 3.29. The van der Waals surface area contributed by atoms with E-state index in [4.69, 9.17) is 18.9 Å². The highest BCUT2D eigenvalue weighted by atomic mass is 16.7. The molecule has 1 aromatic rings. The van der Waals surface area contributed by atoms with Gasteiger partial charge in [-0.3, -0.25) is 4.79 Å². The Morgan fingerprint density at radius 2 is 1.96 bits per heavy atom. The van der Waals surface area contributed by atoms with Gasteiger partial charge in [-0.25, -0.2) is 4.79 Å². The number of hydrogen-bond acceptors (Lipinski definition) is 6. The molecule has 1 aromatic carbocycles. The lowest BCUT2D eigenvalue weighted by molar-refractivity contribution is -0.241. The van der Waals surface area contributed by atoms with Crippen LogP contribution in [0.15, 0.2) is 48.2 Å². The first-order chi connectivity index (χ1) is 11.0. The van der Waals surface area contributed by atoms with E-state index in [9.17, 15) is 9.59 Å². The molecule has 0 saturated carbocycles. The number of rotatable bonds is 5. The van der Waals surface area contributed by atoms with Crippen LogP contribution in [0.5, 0.6) is 0 Å². The number of carbonyl (C=O) groups excluding carboxylic acids is 2. The molecule has 1 aliphatic rings. The largest absolute Gasteiger partial charge is 0.497 e. The number of methoxy groups -OCH3 is 2. The average molecular weight is 318 g/mol. The van der Waals surface area contributed by atoms with Gasteiger partial charge in [-0.15, -0.1) is 0 Å². The fraction of sp³-hybridized carbons (Fsp3) is 0.294. The molecule has 2 rings (SSSR count). The summed E-state index contributed by atoms with van der Waals surface area (Å²) in [6.07, 6.45) is 3.33.